The second-order valence-corrected chi connectivity index (χ2v) is 8.25. The van der Waals surface area contributed by atoms with Gasteiger partial charge in [-0.15, -0.1) is 11.3 Å². The largest absolute Gasteiger partial charge is 0.348 e. The van der Waals surface area contributed by atoms with Crippen LogP contribution in [-0.4, -0.2) is 18.5 Å². The number of amides is 1. The van der Waals surface area contributed by atoms with Crippen molar-refractivity contribution in [2.24, 2.45) is 17.1 Å². The number of aryl methyl sites for hydroxylation is 2. The van der Waals surface area contributed by atoms with Gasteiger partial charge in [0, 0.05) is 10.9 Å². The van der Waals surface area contributed by atoms with Crippen molar-refractivity contribution in [3.8, 4) is 0 Å². The summed E-state index contributed by atoms with van der Waals surface area (Å²) >= 11 is 1.70. The van der Waals surface area contributed by atoms with E-state index in [-0.39, 0.29) is 5.91 Å². The third-order valence-corrected chi connectivity index (χ3v) is 7.29. The second kappa shape index (κ2) is 5.10. The van der Waals surface area contributed by atoms with Crippen molar-refractivity contribution >= 4 is 17.2 Å². The normalized spacial score (nSPS) is 29.4. The molecule has 0 aromatic carbocycles. The van der Waals surface area contributed by atoms with Crippen LogP contribution in [-0.2, 0) is 12.8 Å². The number of fused-ring (bicyclic) bond motifs is 1. The summed E-state index contributed by atoms with van der Waals surface area (Å²) in [5, 5.41) is 3.37. The molecule has 1 aromatic heterocycles. The van der Waals surface area contributed by atoms with E-state index in [1.165, 1.54) is 49.0 Å². The van der Waals surface area contributed by atoms with E-state index < -0.39 is 0 Å². The maximum Gasteiger partial charge on any atom is 0.261 e. The fourth-order valence-electron chi connectivity index (χ4n) is 4.67. The number of nitrogens with two attached hydrogens (primary N) is 1. The zero-order chi connectivity index (χ0) is 14.4. The summed E-state index contributed by atoms with van der Waals surface area (Å²) in [6.45, 7) is 0.702. The van der Waals surface area contributed by atoms with Crippen molar-refractivity contribution in [1.29, 1.82) is 0 Å². The summed E-state index contributed by atoms with van der Waals surface area (Å²) in [6.07, 6.45) is 9.86. The molecule has 2 saturated carbocycles. The van der Waals surface area contributed by atoms with Crippen LogP contribution in [0.2, 0.25) is 0 Å². The molecule has 2 unspecified atom stereocenters. The van der Waals surface area contributed by atoms with E-state index >= 15 is 0 Å². The van der Waals surface area contributed by atoms with Crippen molar-refractivity contribution in [2.45, 2.75) is 57.4 Å². The van der Waals surface area contributed by atoms with Crippen molar-refractivity contribution in [3.05, 3.63) is 21.4 Å². The highest BCUT2D eigenvalue weighted by atomic mass is 32.1. The van der Waals surface area contributed by atoms with Gasteiger partial charge < -0.3 is 11.1 Å². The van der Waals surface area contributed by atoms with Gasteiger partial charge in [0.1, 0.15) is 0 Å². The van der Waals surface area contributed by atoms with Gasteiger partial charge in [-0.05, 0) is 74.5 Å². The molecule has 0 bridgehead atoms. The van der Waals surface area contributed by atoms with Gasteiger partial charge >= 0.3 is 0 Å². The molecule has 1 heterocycles. The lowest BCUT2D eigenvalue weighted by Gasteiger charge is -2.45. The molecule has 3 N–H and O–H groups in total. The zero-order valence-electron chi connectivity index (χ0n) is 12.5. The number of nitrogens with one attached hydrogen (secondary N) is 1. The highest BCUT2D eigenvalue weighted by Crippen LogP contribution is 2.55. The predicted molar refractivity (Wildman–Crippen MR) is 85.7 cm³/mol. The number of carbonyl (C=O) groups is 1. The van der Waals surface area contributed by atoms with Crippen LogP contribution in [0.5, 0.6) is 0 Å². The van der Waals surface area contributed by atoms with E-state index in [2.05, 4.69) is 11.4 Å². The Morgan fingerprint density at radius 3 is 2.86 bits per heavy atom. The first-order chi connectivity index (χ1) is 10.2. The van der Waals surface area contributed by atoms with E-state index in [9.17, 15) is 4.79 Å². The highest BCUT2D eigenvalue weighted by molar-refractivity contribution is 7.14. The average Bonchev–Trinajstić information content (AvgIpc) is 3.08. The summed E-state index contributed by atoms with van der Waals surface area (Å²) < 4.78 is 0. The average molecular weight is 304 g/mol. The van der Waals surface area contributed by atoms with Crippen LogP contribution in [0.4, 0.5) is 0 Å². The lowest BCUT2D eigenvalue weighted by Crippen LogP contribution is -2.51. The van der Waals surface area contributed by atoms with Crippen LogP contribution in [0, 0.1) is 11.3 Å². The standard InChI is InChI=1S/C17H24N2OS/c18-10-12-5-8-17(6-2-7-17)15(12)19-16(20)14-9-11-3-1-4-13(11)21-14/h9,12,15H,1-8,10,18H2,(H,19,20). The summed E-state index contributed by atoms with van der Waals surface area (Å²) in [5.74, 6) is 0.618. The van der Waals surface area contributed by atoms with E-state index in [4.69, 9.17) is 5.73 Å². The summed E-state index contributed by atoms with van der Waals surface area (Å²) in [7, 11) is 0. The number of carbonyl (C=O) groups excluding carboxylic acids is 1. The molecule has 1 spiro atoms. The van der Waals surface area contributed by atoms with Gasteiger partial charge in [-0.2, -0.15) is 0 Å². The maximum atomic E-state index is 12.7. The Labute approximate surface area is 130 Å². The molecule has 114 valence electrons. The van der Waals surface area contributed by atoms with Gasteiger partial charge in [0.05, 0.1) is 4.88 Å². The minimum absolute atomic E-state index is 0.144. The SMILES string of the molecule is NCC1CCC2(CCC2)C1NC(=O)c1cc2c(s1)CCC2. The smallest absolute Gasteiger partial charge is 0.261 e. The Bertz CT molecular complexity index is 540. The van der Waals surface area contributed by atoms with Gasteiger partial charge in [-0.1, -0.05) is 6.42 Å². The molecule has 0 aliphatic heterocycles. The van der Waals surface area contributed by atoms with Crippen LogP contribution >= 0.6 is 11.3 Å². The van der Waals surface area contributed by atoms with Crippen LogP contribution in [0.3, 0.4) is 0 Å². The third kappa shape index (κ3) is 2.15. The Morgan fingerprint density at radius 1 is 1.33 bits per heavy atom. The van der Waals surface area contributed by atoms with Crippen LogP contribution in [0.15, 0.2) is 6.07 Å². The number of hydrogen-bond donors (Lipinski definition) is 2. The van der Waals surface area contributed by atoms with Gasteiger partial charge in [0.25, 0.3) is 5.91 Å². The molecule has 1 aromatic rings. The maximum absolute atomic E-state index is 12.7. The van der Waals surface area contributed by atoms with Crippen molar-refractivity contribution in [1.82, 2.24) is 5.32 Å². The fraction of sp³-hybridized carbons (Fsp3) is 0.706. The molecule has 3 nitrogen and oxygen atoms in total. The number of thiophene rings is 1. The molecule has 0 saturated heterocycles. The van der Waals surface area contributed by atoms with Gasteiger partial charge in [0.15, 0.2) is 0 Å². The lowest BCUT2D eigenvalue weighted by atomic mass is 9.64. The van der Waals surface area contributed by atoms with E-state index in [0.29, 0.717) is 23.9 Å². The molecule has 1 amide bonds. The van der Waals surface area contributed by atoms with E-state index in [0.717, 1.165) is 17.7 Å². The molecule has 21 heavy (non-hydrogen) atoms. The molecule has 2 atom stereocenters. The van der Waals surface area contributed by atoms with Gasteiger partial charge in [0.2, 0.25) is 0 Å². The molecule has 4 rings (SSSR count). The van der Waals surface area contributed by atoms with Crippen molar-refractivity contribution < 1.29 is 4.79 Å². The minimum atomic E-state index is 0.144. The first kappa shape index (κ1) is 13.8. The molecule has 4 heteroatoms. The minimum Gasteiger partial charge on any atom is -0.348 e. The predicted octanol–water partition coefficient (Wildman–Crippen LogP) is 2.87. The van der Waals surface area contributed by atoms with Crippen molar-refractivity contribution in [2.75, 3.05) is 6.54 Å². The second-order valence-electron chi connectivity index (χ2n) is 7.11. The topological polar surface area (TPSA) is 55.1 Å². The number of hydrogen-bond acceptors (Lipinski definition) is 3. The lowest BCUT2D eigenvalue weighted by molar-refractivity contribution is 0.0696. The molecule has 0 radical (unpaired) electrons. The van der Waals surface area contributed by atoms with Crippen LogP contribution < -0.4 is 11.1 Å². The molecule has 2 fully saturated rings. The zero-order valence-corrected chi connectivity index (χ0v) is 13.3. The van der Waals surface area contributed by atoms with Crippen LogP contribution in [0.1, 0.15) is 58.6 Å². The summed E-state index contributed by atoms with van der Waals surface area (Å²) in [6, 6.07) is 2.43. The molecule has 3 aliphatic carbocycles. The first-order valence-corrected chi connectivity index (χ1v) is 9.16. The van der Waals surface area contributed by atoms with Gasteiger partial charge in [-0.3, -0.25) is 4.79 Å². The Hall–Kier alpha value is -0.870. The first-order valence-electron chi connectivity index (χ1n) is 8.34. The summed E-state index contributed by atoms with van der Waals surface area (Å²) in [5.41, 5.74) is 7.73. The van der Waals surface area contributed by atoms with Crippen LogP contribution in [0.25, 0.3) is 0 Å². The monoisotopic (exact) mass is 304 g/mol. The highest BCUT2D eigenvalue weighted by Gasteiger charge is 2.51. The molecular formula is C17H24N2OS. The molecule has 3 aliphatic rings. The van der Waals surface area contributed by atoms with E-state index in [1.807, 2.05) is 0 Å². The fourth-order valence-corrected chi connectivity index (χ4v) is 5.82. The number of rotatable bonds is 3. The Morgan fingerprint density at radius 2 is 2.19 bits per heavy atom. The Balaban J connectivity index is 1.52. The molecular weight excluding hydrogens is 280 g/mol. The van der Waals surface area contributed by atoms with Gasteiger partial charge in [-0.25, -0.2) is 0 Å². The summed E-state index contributed by atoms with van der Waals surface area (Å²) in [4.78, 5) is 15.0. The van der Waals surface area contributed by atoms with Crippen molar-refractivity contribution in [3.63, 3.8) is 0 Å². The third-order valence-electron chi connectivity index (χ3n) is 6.05. The quantitative estimate of drug-likeness (QED) is 0.902. The van der Waals surface area contributed by atoms with E-state index in [1.54, 1.807) is 11.3 Å². The Kier molecular flexibility index (Phi) is 3.34.